The van der Waals surface area contributed by atoms with E-state index in [4.69, 9.17) is 5.14 Å². The molecule has 0 heterocycles. The molecule has 0 saturated carbocycles. The van der Waals surface area contributed by atoms with Gasteiger partial charge in [0.1, 0.15) is 0 Å². The van der Waals surface area contributed by atoms with Gasteiger partial charge in [0.15, 0.2) is 0 Å². The van der Waals surface area contributed by atoms with Crippen molar-refractivity contribution in [3.8, 4) is 0 Å². The van der Waals surface area contributed by atoms with Crippen LogP contribution in [-0.4, -0.2) is 8.42 Å². The fraction of sp³-hybridized carbons (Fsp3) is 0.571. The summed E-state index contributed by atoms with van der Waals surface area (Å²) in [7, 11) is -4.19. The average Bonchev–Trinajstić information content (AvgIpc) is 2.36. The van der Waals surface area contributed by atoms with Crippen LogP contribution in [0.3, 0.4) is 0 Å². The number of unbranched alkanes of at least 4 members (excludes halogenated alkanes) is 2. The maximum Gasteiger partial charge on any atom is 0.416 e. The predicted octanol–water partition coefficient (Wildman–Crippen LogP) is 4.04. The van der Waals surface area contributed by atoms with E-state index in [2.05, 4.69) is 0 Å². The molecule has 1 atom stereocenters. The minimum Gasteiger partial charge on any atom is -0.225 e. The van der Waals surface area contributed by atoms with Crippen molar-refractivity contribution in [3.63, 3.8) is 0 Å². The monoisotopic (exact) mass is 323 g/mol. The molecule has 120 valence electrons. The summed E-state index contributed by atoms with van der Waals surface area (Å²) >= 11 is 0. The summed E-state index contributed by atoms with van der Waals surface area (Å²) in [6.07, 6.45) is -1.54. The third-order valence-corrected chi connectivity index (χ3v) is 4.38. The fourth-order valence-electron chi connectivity index (χ4n) is 2.39. The lowest BCUT2D eigenvalue weighted by molar-refractivity contribution is -0.138. The van der Waals surface area contributed by atoms with Gasteiger partial charge in [0, 0.05) is 0 Å². The van der Waals surface area contributed by atoms with Crippen LogP contribution in [0.1, 0.15) is 56.6 Å². The van der Waals surface area contributed by atoms with Gasteiger partial charge in [0.05, 0.1) is 10.5 Å². The molecule has 1 unspecified atom stereocenters. The van der Waals surface area contributed by atoms with Crippen LogP contribution in [0.5, 0.6) is 0 Å². The molecule has 0 aromatic heterocycles. The SMILES string of the molecule is CCCCCC(C)c1c(C(F)(F)F)cccc1S(N)(=O)=O. The van der Waals surface area contributed by atoms with E-state index in [1.54, 1.807) is 6.92 Å². The number of benzene rings is 1. The number of halogens is 3. The molecule has 0 radical (unpaired) electrons. The highest BCUT2D eigenvalue weighted by atomic mass is 32.2. The largest absolute Gasteiger partial charge is 0.416 e. The highest BCUT2D eigenvalue weighted by molar-refractivity contribution is 7.89. The number of alkyl halides is 3. The zero-order chi connectivity index (χ0) is 16.3. The molecule has 21 heavy (non-hydrogen) atoms. The van der Waals surface area contributed by atoms with Crippen molar-refractivity contribution in [1.82, 2.24) is 0 Å². The molecule has 0 saturated heterocycles. The molecule has 1 aromatic rings. The highest BCUT2D eigenvalue weighted by Crippen LogP contribution is 2.39. The Hall–Kier alpha value is -1.08. The molecule has 2 N–H and O–H groups in total. The Morgan fingerprint density at radius 2 is 1.86 bits per heavy atom. The van der Waals surface area contributed by atoms with Gasteiger partial charge < -0.3 is 0 Å². The lowest BCUT2D eigenvalue weighted by atomic mass is 9.91. The third-order valence-electron chi connectivity index (χ3n) is 3.41. The molecule has 0 aliphatic heterocycles. The highest BCUT2D eigenvalue weighted by Gasteiger charge is 2.36. The molecule has 0 spiro atoms. The summed E-state index contributed by atoms with van der Waals surface area (Å²) in [4.78, 5) is -0.429. The Bertz CT molecular complexity index is 582. The van der Waals surface area contributed by atoms with Crippen LogP contribution < -0.4 is 5.14 Å². The van der Waals surface area contributed by atoms with Crippen LogP contribution in [0.25, 0.3) is 0 Å². The van der Waals surface area contributed by atoms with E-state index in [-0.39, 0.29) is 5.56 Å². The van der Waals surface area contributed by atoms with E-state index in [0.29, 0.717) is 6.42 Å². The topological polar surface area (TPSA) is 60.2 Å². The normalized spacial score (nSPS) is 14.2. The molecule has 0 amide bonds. The molecule has 1 rings (SSSR count). The van der Waals surface area contributed by atoms with Crippen LogP contribution in [0.2, 0.25) is 0 Å². The van der Waals surface area contributed by atoms with Crippen molar-refractivity contribution < 1.29 is 21.6 Å². The summed E-state index contributed by atoms with van der Waals surface area (Å²) in [5, 5.41) is 5.07. The van der Waals surface area contributed by atoms with Gasteiger partial charge >= 0.3 is 6.18 Å². The Morgan fingerprint density at radius 3 is 2.33 bits per heavy atom. The van der Waals surface area contributed by atoms with Gasteiger partial charge in [-0.05, 0) is 30.0 Å². The molecule has 3 nitrogen and oxygen atoms in total. The van der Waals surface area contributed by atoms with Crippen molar-refractivity contribution in [2.45, 2.75) is 56.5 Å². The molecule has 0 fully saturated rings. The second-order valence-corrected chi connectivity index (χ2v) is 6.69. The van der Waals surface area contributed by atoms with Gasteiger partial charge in [-0.25, -0.2) is 13.6 Å². The van der Waals surface area contributed by atoms with Crippen LogP contribution in [-0.2, 0) is 16.2 Å². The standard InChI is InChI=1S/C14H20F3NO2S/c1-3-4-5-7-10(2)13-11(14(15,16)17)8-6-9-12(13)21(18,19)20/h6,8-10H,3-5,7H2,1-2H3,(H2,18,19,20). The number of hydrogen-bond donors (Lipinski definition) is 1. The van der Waals surface area contributed by atoms with Crippen LogP contribution >= 0.6 is 0 Å². The minimum atomic E-state index is -4.60. The van der Waals surface area contributed by atoms with Gasteiger partial charge in [-0.15, -0.1) is 0 Å². The lowest BCUT2D eigenvalue weighted by Crippen LogP contribution is -2.20. The number of sulfonamides is 1. The molecule has 0 bridgehead atoms. The van der Waals surface area contributed by atoms with E-state index in [9.17, 15) is 21.6 Å². The molecular formula is C14H20F3NO2S. The van der Waals surface area contributed by atoms with Gasteiger partial charge in [-0.2, -0.15) is 13.2 Å². The maximum absolute atomic E-state index is 13.1. The zero-order valence-electron chi connectivity index (χ0n) is 12.1. The fourth-order valence-corrected chi connectivity index (χ4v) is 3.28. The van der Waals surface area contributed by atoms with Gasteiger partial charge in [-0.1, -0.05) is 39.2 Å². The van der Waals surface area contributed by atoms with Crippen molar-refractivity contribution in [2.75, 3.05) is 0 Å². The van der Waals surface area contributed by atoms with E-state index >= 15 is 0 Å². The zero-order valence-corrected chi connectivity index (χ0v) is 12.9. The van der Waals surface area contributed by atoms with E-state index in [1.807, 2.05) is 6.92 Å². The predicted molar refractivity (Wildman–Crippen MR) is 75.4 cm³/mol. The van der Waals surface area contributed by atoms with Gasteiger partial charge in [-0.3, -0.25) is 0 Å². The van der Waals surface area contributed by atoms with Crippen molar-refractivity contribution in [1.29, 1.82) is 0 Å². The molecule has 7 heteroatoms. The van der Waals surface area contributed by atoms with E-state index < -0.39 is 32.6 Å². The minimum absolute atomic E-state index is 0.219. The Balaban J connectivity index is 3.36. The number of nitrogens with two attached hydrogens (primary N) is 1. The first-order valence-corrected chi connectivity index (χ1v) is 8.36. The van der Waals surface area contributed by atoms with Gasteiger partial charge in [0.2, 0.25) is 10.0 Å². The molecule has 0 aliphatic carbocycles. The average molecular weight is 323 g/mol. The Morgan fingerprint density at radius 1 is 1.24 bits per heavy atom. The maximum atomic E-state index is 13.1. The third kappa shape index (κ3) is 4.71. The van der Waals surface area contributed by atoms with Crippen LogP contribution in [0.4, 0.5) is 13.2 Å². The van der Waals surface area contributed by atoms with Crippen LogP contribution in [0.15, 0.2) is 23.1 Å². The van der Waals surface area contributed by atoms with Gasteiger partial charge in [0.25, 0.3) is 0 Å². The number of primary sulfonamides is 1. The second kappa shape index (κ2) is 6.79. The quantitative estimate of drug-likeness (QED) is 0.803. The summed E-state index contributed by atoms with van der Waals surface area (Å²) in [5.74, 6) is -0.525. The number of hydrogen-bond acceptors (Lipinski definition) is 2. The lowest BCUT2D eigenvalue weighted by Gasteiger charge is -2.21. The second-order valence-electron chi connectivity index (χ2n) is 5.16. The van der Waals surface area contributed by atoms with E-state index in [1.165, 1.54) is 0 Å². The Kier molecular flexibility index (Phi) is 5.81. The number of rotatable bonds is 6. The summed E-state index contributed by atoms with van der Waals surface area (Å²) < 4.78 is 62.5. The van der Waals surface area contributed by atoms with Crippen molar-refractivity contribution >= 4 is 10.0 Å². The van der Waals surface area contributed by atoms with Crippen LogP contribution in [0, 0.1) is 0 Å². The summed E-state index contributed by atoms with van der Waals surface area (Å²) in [5.41, 5.74) is -1.14. The summed E-state index contributed by atoms with van der Waals surface area (Å²) in [6.45, 7) is 3.60. The smallest absolute Gasteiger partial charge is 0.225 e. The molecule has 0 aliphatic rings. The first-order valence-electron chi connectivity index (χ1n) is 6.82. The van der Waals surface area contributed by atoms with Crippen molar-refractivity contribution in [3.05, 3.63) is 29.3 Å². The van der Waals surface area contributed by atoms with E-state index in [0.717, 1.165) is 37.5 Å². The molecule has 1 aromatic carbocycles. The Labute approximate surface area is 123 Å². The first kappa shape index (κ1) is 18.0. The first-order chi connectivity index (χ1) is 9.59. The molecular weight excluding hydrogens is 303 g/mol. The van der Waals surface area contributed by atoms with Crippen molar-refractivity contribution in [2.24, 2.45) is 5.14 Å². The summed E-state index contributed by atoms with van der Waals surface area (Å²) in [6, 6.07) is 3.11.